The molecule has 0 aromatic carbocycles. The first kappa shape index (κ1) is 13.1. The van der Waals surface area contributed by atoms with E-state index in [9.17, 15) is 9.90 Å². The lowest BCUT2D eigenvalue weighted by Gasteiger charge is -2.23. The number of hydrogen-bond donors (Lipinski definition) is 2. The second kappa shape index (κ2) is 5.56. The van der Waals surface area contributed by atoms with Gasteiger partial charge in [-0.05, 0) is 26.0 Å². The molecule has 0 atom stereocenters. The van der Waals surface area contributed by atoms with Gasteiger partial charge in [0.25, 0.3) is 0 Å². The van der Waals surface area contributed by atoms with Gasteiger partial charge in [0.15, 0.2) is 0 Å². The molecule has 1 aromatic heterocycles. The monoisotopic (exact) mass is 259 g/mol. The van der Waals surface area contributed by atoms with Crippen molar-refractivity contribution in [3.8, 4) is 0 Å². The van der Waals surface area contributed by atoms with E-state index < -0.39 is 5.97 Å². The van der Waals surface area contributed by atoms with Crippen molar-refractivity contribution in [3.63, 3.8) is 0 Å². The van der Waals surface area contributed by atoms with Crippen LogP contribution in [0.1, 0.15) is 24.2 Å². The molecule has 2 rings (SSSR count). The Balaban J connectivity index is 2.45. The number of aromatic carboxylic acids is 1. The van der Waals surface area contributed by atoms with Gasteiger partial charge >= 0.3 is 5.97 Å². The Morgan fingerprint density at radius 2 is 2.26 bits per heavy atom. The molecule has 0 fully saturated rings. The van der Waals surface area contributed by atoms with Crippen molar-refractivity contribution in [1.29, 1.82) is 0 Å². The molecule has 0 radical (unpaired) electrons. The lowest BCUT2D eigenvalue weighted by Crippen LogP contribution is -2.23. The van der Waals surface area contributed by atoms with Crippen LogP contribution in [0.4, 0.5) is 11.5 Å². The molecule has 0 bridgehead atoms. The molecule has 0 spiro atoms. The minimum Gasteiger partial charge on any atom is -0.477 e. The van der Waals surface area contributed by atoms with E-state index in [1.54, 1.807) is 12.3 Å². The summed E-state index contributed by atoms with van der Waals surface area (Å²) >= 11 is 0. The Labute approximate surface area is 112 Å². The number of nitrogens with one attached hydrogen (secondary N) is 1. The third kappa shape index (κ3) is 2.93. The van der Waals surface area contributed by atoms with Crippen LogP contribution in [0.2, 0.25) is 0 Å². The molecule has 1 aromatic rings. The Morgan fingerprint density at radius 3 is 2.84 bits per heavy atom. The van der Waals surface area contributed by atoms with Crippen molar-refractivity contribution in [2.45, 2.75) is 19.9 Å². The van der Waals surface area contributed by atoms with Crippen molar-refractivity contribution in [3.05, 3.63) is 42.3 Å². The van der Waals surface area contributed by atoms with E-state index in [4.69, 9.17) is 0 Å². The van der Waals surface area contributed by atoms with Crippen LogP contribution in [-0.2, 0) is 0 Å². The molecule has 5 nitrogen and oxygen atoms in total. The molecule has 2 N–H and O–H groups in total. The quantitative estimate of drug-likeness (QED) is 0.869. The topological polar surface area (TPSA) is 65.5 Å². The van der Waals surface area contributed by atoms with Crippen LogP contribution in [-0.4, -0.2) is 28.6 Å². The Kier molecular flexibility index (Phi) is 3.85. The van der Waals surface area contributed by atoms with E-state index in [1.807, 2.05) is 43.2 Å². The predicted octanol–water partition coefficient (Wildman–Crippen LogP) is 2.49. The second-order valence-corrected chi connectivity index (χ2v) is 4.58. The third-order valence-corrected chi connectivity index (χ3v) is 2.68. The fourth-order valence-corrected chi connectivity index (χ4v) is 1.94. The van der Waals surface area contributed by atoms with Crippen LogP contribution in [0.3, 0.4) is 0 Å². The minimum absolute atomic E-state index is 0.158. The van der Waals surface area contributed by atoms with Crippen LogP contribution in [0.15, 0.2) is 36.7 Å². The van der Waals surface area contributed by atoms with E-state index in [-0.39, 0.29) is 11.6 Å². The summed E-state index contributed by atoms with van der Waals surface area (Å²) in [6.07, 6.45) is 9.19. The highest BCUT2D eigenvalue weighted by Crippen LogP contribution is 2.26. The number of hydrogen-bond acceptors (Lipinski definition) is 4. The summed E-state index contributed by atoms with van der Waals surface area (Å²) in [5.41, 5.74) is 0.798. The fraction of sp³-hybridized carbons (Fsp3) is 0.286. The van der Waals surface area contributed by atoms with Gasteiger partial charge in [0, 0.05) is 25.0 Å². The maximum absolute atomic E-state index is 11.5. The smallest absolute Gasteiger partial charge is 0.341 e. The first-order valence-electron chi connectivity index (χ1n) is 6.18. The number of carboxylic acids is 1. The Morgan fingerprint density at radius 1 is 1.47 bits per heavy atom. The maximum atomic E-state index is 11.5. The highest BCUT2D eigenvalue weighted by Gasteiger charge is 2.20. The molecule has 2 heterocycles. The highest BCUT2D eigenvalue weighted by molar-refractivity contribution is 5.99. The molecule has 1 aliphatic rings. The highest BCUT2D eigenvalue weighted by atomic mass is 16.4. The summed E-state index contributed by atoms with van der Waals surface area (Å²) in [6.45, 7) is 4.56. The predicted molar refractivity (Wildman–Crippen MR) is 75.6 cm³/mol. The average molecular weight is 259 g/mol. The van der Waals surface area contributed by atoms with Crippen molar-refractivity contribution in [2.24, 2.45) is 0 Å². The standard InChI is InChI=1S/C14H17N3O2/c1-10(2)16-11-6-7-15-13(12(11)14(18)19)17-8-4-3-5-9-17/h3-8,10H,9H2,1-2H3,(H,15,16)(H,18,19). The van der Waals surface area contributed by atoms with Gasteiger partial charge in [0.2, 0.25) is 0 Å². The van der Waals surface area contributed by atoms with Gasteiger partial charge in [0.05, 0.1) is 5.69 Å². The zero-order valence-electron chi connectivity index (χ0n) is 11.0. The van der Waals surface area contributed by atoms with Crippen molar-refractivity contribution in [2.75, 3.05) is 16.8 Å². The van der Waals surface area contributed by atoms with Crippen LogP contribution < -0.4 is 10.2 Å². The largest absolute Gasteiger partial charge is 0.477 e. The van der Waals surface area contributed by atoms with Crippen molar-refractivity contribution >= 4 is 17.5 Å². The van der Waals surface area contributed by atoms with E-state index in [1.165, 1.54) is 0 Å². The first-order valence-corrected chi connectivity index (χ1v) is 6.18. The van der Waals surface area contributed by atoms with Crippen LogP contribution in [0.5, 0.6) is 0 Å². The molecule has 19 heavy (non-hydrogen) atoms. The van der Waals surface area contributed by atoms with Crippen molar-refractivity contribution in [1.82, 2.24) is 4.98 Å². The summed E-state index contributed by atoms with van der Waals surface area (Å²) in [5.74, 6) is -0.520. The van der Waals surface area contributed by atoms with Gasteiger partial charge < -0.3 is 15.3 Å². The average Bonchev–Trinajstić information content (AvgIpc) is 2.38. The van der Waals surface area contributed by atoms with Gasteiger partial charge in [-0.2, -0.15) is 0 Å². The summed E-state index contributed by atoms with van der Waals surface area (Å²) in [5, 5.41) is 12.6. The Hall–Kier alpha value is -2.30. The number of allylic oxidation sites excluding steroid dienone is 2. The lowest BCUT2D eigenvalue weighted by atomic mass is 10.1. The summed E-state index contributed by atoms with van der Waals surface area (Å²) in [6, 6.07) is 1.85. The summed E-state index contributed by atoms with van der Waals surface area (Å²) < 4.78 is 0. The van der Waals surface area contributed by atoms with Gasteiger partial charge in [-0.3, -0.25) is 0 Å². The number of carboxylic acid groups (broad SMARTS) is 1. The molecule has 0 aliphatic carbocycles. The zero-order valence-corrected chi connectivity index (χ0v) is 11.0. The fourth-order valence-electron chi connectivity index (χ4n) is 1.94. The molecule has 1 aliphatic heterocycles. The SMILES string of the molecule is CC(C)Nc1ccnc(N2C=CC=CC2)c1C(=O)O. The normalized spacial score (nSPS) is 13.9. The molecule has 0 saturated heterocycles. The molecule has 5 heteroatoms. The number of carbonyl (C=O) groups is 1. The third-order valence-electron chi connectivity index (χ3n) is 2.68. The van der Waals surface area contributed by atoms with Gasteiger partial charge in [0.1, 0.15) is 11.4 Å². The molecular formula is C14H17N3O2. The summed E-state index contributed by atoms with van der Waals surface area (Å²) in [4.78, 5) is 17.5. The van der Waals surface area contributed by atoms with Crippen LogP contribution in [0, 0.1) is 0 Å². The molecular weight excluding hydrogens is 242 g/mol. The van der Waals surface area contributed by atoms with Gasteiger partial charge in [-0.1, -0.05) is 12.2 Å². The zero-order chi connectivity index (χ0) is 13.8. The molecule has 0 saturated carbocycles. The number of nitrogens with zero attached hydrogens (tertiary/aromatic N) is 2. The Bertz CT molecular complexity index is 535. The van der Waals surface area contributed by atoms with Gasteiger partial charge in [-0.25, -0.2) is 9.78 Å². The number of aromatic nitrogens is 1. The summed E-state index contributed by atoms with van der Waals surface area (Å²) in [7, 11) is 0. The lowest BCUT2D eigenvalue weighted by molar-refractivity contribution is 0.0698. The van der Waals surface area contributed by atoms with E-state index >= 15 is 0 Å². The minimum atomic E-state index is -0.978. The van der Waals surface area contributed by atoms with Crippen LogP contribution >= 0.6 is 0 Å². The molecule has 100 valence electrons. The first-order chi connectivity index (χ1) is 9.09. The maximum Gasteiger partial charge on any atom is 0.341 e. The number of anilines is 2. The number of rotatable bonds is 4. The second-order valence-electron chi connectivity index (χ2n) is 4.58. The number of pyridine rings is 1. The molecule has 0 amide bonds. The van der Waals surface area contributed by atoms with Crippen LogP contribution in [0.25, 0.3) is 0 Å². The van der Waals surface area contributed by atoms with Crippen molar-refractivity contribution < 1.29 is 9.90 Å². The molecule has 0 unspecified atom stereocenters. The van der Waals surface area contributed by atoms with E-state index in [0.29, 0.717) is 18.1 Å². The van der Waals surface area contributed by atoms with E-state index in [0.717, 1.165) is 0 Å². The van der Waals surface area contributed by atoms with E-state index in [2.05, 4.69) is 10.3 Å². The van der Waals surface area contributed by atoms with Gasteiger partial charge in [-0.15, -0.1) is 0 Å².